The topological polar surface area (TPSA) is 85.4 Å². The van der Waals surface area contributed by atoms with E-state index in [1.54, 1.807) is 19.1 Å². The van der Waals surface area contributed by atoms with Gasteiger partial charge < -0.3 is 15.6 Å². The normalized spacial score (nSPS) is 10.4. The molecule has 0 saturated heterocycles. The number of carbonyl (C=O) groups excluding carboxylic acids is 1. The maximum atomic E-state index is 11.6. The zero-order chi connectivity index (χ0) is 15.4. The van der Waals surface area contributed by atoms with Crippen LogP contribution < -0.4 is 10.5 Å². The van der Waals surface area contributed by atoms with Gasteiger partial charge in [0.2, 0.25) is 0 Å². The number of rotatable bonds is 5. The van der Waals surface area contributed by atoms with Crippen molar-refractivity contribution in [1.82, 2.24) is 4.98 Å². The Balaban J connectivity index is 2.47. The van der Waals surface area contributed by atoms with E-state index < -0.39 is 5.91 Å². The first kappa shape index (κ1) is 15.0. The molecule has 2 aromatic rings. The molecule has 1 heterocycles. The summed E-state index contributed by atoms with van der Waals surface area (Å²) in [6.07, 6.45) is 0.477. The van der Waals surface area contributed by atoms with Gasteiger partial charge in [-0.2, -0.15) is 0 Å². The Morgan fingerprint density at radius 1 is 1.29 bits per heavy atom. The fourth-order valence-electron chi connectivity index (χ4n) is 2.22. The maximum Gasteiger partial charge on any atom is 0.254 e. The van der Waals surface area contributed by atoms with Crippen LogP contribution in [-0.4, -0.2) is 22.6 Å². The molecule has 3 N–H and O–H groups in total. The average Bonchev–Trinajstić information content (AvgIpc) is 2.40. The third kappa shape index (κ3) is 3.38. The molecule has 0 aliphatic rings. The number of primary amides is 1. The van der Waals surface area contributed by atoms with Crippen molar-refractivity contribution in [2.45, 2.75) is 20.3 Å². The van der Waals surface area contributed by atoms with Gasteiger partial charge >= 0.3 is 0 Å². The van der Waals surface area contributed by atoms with E-state index in [9.17, 15) is 4.79 Å². The molecule has 0 saturated carbocycles. The molecule has 110 valence electrons. The second kappa shape index (κ2) is 6.37. The number of hydrogen-bond acceptors (Lipinski definition) is 4. The average molecular weight is 286 g/mol. The van der Waals surface area contributed by atoms with Gasteiger partial charge in [0.15, 0.2) is 0 Å². The van der Waals surface area contributed by atoms with Crippen LogP contribution in [0.15, 0.2) is 30.3 Å². The number of hydrogen-bond donors (Lipinski definition) is 2. The Morgan fingerprint density at radius 3 is 2.67 bits per heavy atom. The Kier molecular flexibility index (Phi) is 4.55. The number of nitrogens with two attached hydrogens (primary N) is 1. The van der Waals surface area contributed by atoms with Crippen LogP contribution in [-0.2, 0) is 6.42 Å². The molecule has 0 bridgehead atoms. The van der Waals surface area contributed by atoms with E-state index >= 15 is 0 Å². The van der Waals surface area contributed by atoms with E-state index in [1.807, 2.05) is 25.1 Å². The predicted molar refractivity (Wildman–Crippen MR) is 79.5 cm³/mol. The fraction of sp³-hybridized carbons (Fsp3) is 0.250. The number of para-hydroxylation sites is 1. The van der Waals surface area contributed by atoms with Crippen LogP contribution in [0, 0.1) is 13.8 Å². The molecule has 1 aromatic heterocycles. The molecule has 21 heavy (non-hydrogen) atoms. The van der Waals surface area contributed by atoms with Crippen molar-refractivity contribution in [3.8, 4) is 11.5 Å². The first-order valence-electron chi connectivity index (χ1n) is 6.67. The molecule has 0 fully saturated rings. The molecule has 5 heteroatoms. The summed E-state index contributed by atoms with van der Waals surface area (Å²) in [6, 6.07) is 9.05. The largest absolute Gasteiger partial charge is 0.456 e. The number of ether oxygens (including phenoxy) is 1. The number of amides is 1. The Bertz CT molecular complexity index is 669. The number of aliphatic hydroxyl groups is 1. The summed E-state index contributed by atoms with van der Waals surface area (Å²) in [5, 5.41) is 9.10. The van der Waals surface area contributed by atoms with Crippen molar-refractivity contribution in [2.75, 3.05) is 6.61 Å². The lowest BCUT2D eigenvalue weighted by Crippen LogP contribution is -2.15. The number of aliphatic hydroxyl groups excluding tert-OH is 1. The third-order valence-corrected chi connectivity index (χ3v) is 3.11. The van der Waals surface area contributed by atoms with Crippen LogP contribution in [0.5, 0.6) is 11.5 Å². The summed E-state index contributed by atoms with van der Waals surface area (Å²) >= 11 is 0. The van der Waals surface area contributed by atoms with E-state index in [0.717, 1.165) is 11.3 Å². The molecule has 0 aliphatic carbocycles. The van der Waals surface area contributed by atoms with Crippen molar-refractivity contribution in [3.63, 3.8) is 0 Å². The van der Waals surface area contributed by atoms with Gasteiger partial charge in [0.1, 0.15) is 17.1 Å². The quantitative estimate of drug-likeness (QED) is 0.881. The fourth-order valence-corrected chi connectivity index (χ4v) is 2.22. The van der Waals surface area contributed by atoms with Gasteiger partial charge in [0.05, 0.1) is 5.69 Å². The van der Waals surface area contributed by atoms with E-state index in [1.165, 1.54) is 0 Å². The maximum absolute atomic E-state index is 11.6. The number of benzene rings is 1. The molecule has 0 aliphatic heterocycles. The minimum atomic E-state index is -0.574. The number of aryl methyl sites for hydroxylation is 2. The number of carbonyl (C=O) groups is 1. The molecular formula is C16H18N2O3. The lowest BCUT2D eigenvalue weighted by molar-refractivity contribution is 0.0997. The molecule has 0 atom stereocenters. The van der Waals surface area contributed by atoms with Gasteiger partial charge in [-0.15, -0.1) is 0 Å². The van der Waals surface area contributed by atoms with E-state index in [-0.39, 0.29) is 12.2 Å². The molecule has 5 nitrogen and oxygen atoms in total. The molecule has 0 radical (unpaired) electrons. The standard InChI is InChI=1S/C16H18N2O3/c1-10-9-14(15(16(17)20)11(2)18-10)21-13-6-4-3-5-12(13)7-8-19/h3-6,9,19H,7-8H2,1-2H3,(H2,17,20). The van der Waals surface area contributed by atoms with Crippen molar-refractivity contribution in [1.29, 1.82) is 0 Å². The molecule has 1 aromatic carbocycles. The summed E-state index contributed by atoms with van der Waals surface area (Å²) in [6.45, 7) is 3.57. The predicted octanol–water partition coefficient (Wildman–Crippen LogP) is 2.12. The van der Waals surface area contributed by atoms with Crippen molar-refractivity contribution in [3.05, 3.63) is 52.8 Å². The second-order valence-corrected chi connectivity index (χ2v) is 4.77. The van der Waals surface area contributed by atoms with E-state index in [4.69, 9.17) is 15.6 Å². The Morgan fingerprint density at radius 2 is 2.00 bits per heavy atom. The van der Waals surface area contributed by atoms with Crippen LogP contribution >= 0.6 is 0 Å². The highest BCUT2D eigenvalue weighted by atomic mass is 16.5. The molecule has 0 unspecified atom stereocenters. The Labute approximate surface area is 123 Å². The SMILES string of the molecule is Cc1cc(Oc2ccccc2CCO)c(C(N)=O)c(C)n1. The van der Waals surface area contributed by atoms with Gasteiger partial charge in [-0.3, -0.25) is 9.78 Å². The minimum absolute atomic E-state index is 0.0252. The van der Waals surface area contributed by atoms with Gasteiger partial charge in [-0.1, -0.05) is 18.2 Å². The molecular weight excluding hydrogens is 268 g/mol. The van der Waals surface area contributed by atoms with Gasteiger partial charge in [-0.05, 0) is 31.9 Å². The lowest BCUT2D eigenvalue weighted by Gasteiger charge is -2.14. The van der Waals surface area contributed by atoms with Crippen LogP contribution in [0.4, 0.5) is 0 Å². The lowest BCUT2D eigenvalue weighted by atomic mass is 10.1. The molecule has 2 rings (SSSR count). The summed E-state index contributed by atoms with van der Waals surface area (Å²) in [5.74, 6) is 0.409. The van der Waals surface area contributed by atoms with Crippen LogP contribution in [0.2, 0.25) is 0 Å². The molecule has 0 spiro atoms. The van der Waals surface area contributed by atoms with Crippen LogP contribution in [0.1, 0.15) is 27.3 Å². The second-order valence-electron chi connectivity index (χ2n) is 4.77. The van der Waals surface area contributed by atoms with Crippen LogP contribution in [0.3, 0.4) is 0 Å². The third-order valence-electron chi connectivity index (χ3n) is 3.11. The number of aromatic nitrogens is 1. The van der Waals surface area contributed by atoms with Crippen molar-refractivity contribution in [2.24, 2.45) is 5.73 Å². The highest BCUT2D eigenvalue weighted by Crippen LogP contribution is 2.30. The van der Waals surface area contributed by atoms with Crippen molar-refractivity contribution >= 4 is 5.91 Å². The van der Waals surface area contributed by atoms with Crippen LogP contribution in [0.25, 0.3) is 0 Å². The van der Waals surface area contributed by atoms with E-state index in [0.29, 0.717) is 23.6 Å². The number of pyridine rings is 1. The Hall–Kier alpha value is -2.40. The smallest absolute Gasteiger partial charge is 0.254 e. The summed E-state index contributed by atoms with van der Waals surface area (Å²) in [7, 11) is 0. The zero-order valence-electron chi connectivity index (χ0n) is 12.1. The van der Waals surface area contributed by atoms with Gasteiger partial charge in [-0.25, -0.2) is 0 Å². The zero-order valence-corrected chi connectivity index (χ0v) is 12.1. The summed E-state index contributed by atoms with van der Waals surface area (Å²) < 4.78 is 5.86. The summed E-state index contributed by atoms with van der Waals surface area (Å²) in [5.41, 5.74) is 7.84. The minimum Gasteiger partial charge on any atom is -0.456 e. The van der Waals surface area contributed by atoms with Gasteiger partial charge in [0.25, 0.3) is 5.91 Å². The monoisotopic (exact) mass is 286 g/mol. The van der Waals surface area contributed by atoms with Gasteiger partial charge in [0, 0.05) is 18.4 Å². The van der Waals surface area contributed by atoms with Crippen molar-refractivity contribution < 1.29 is 14.6 Å². The first-order chi connectivity index (χ1) is 10.0. The first-order valence-corrected chi connectivity index (χ1v) is 6.67. The summed E-state index contributed by atoms with van der Waals surface area (Å²) in [4.78, 5) is 15.9. The number of nitrogens with zero attached hydrogens (tertiary/aromatic N) is 1. The highest BCUT2D eigenvalue weighted by molar-refractivity contribution is 5.96. The highest BCUT2D eigenvalue weighted by Gasteiger charge is 2.16. The van der Waals surface area contributed by atoms with E-state index in [2.05, 4.69) is 4.98 Å². The molecule has 1 amide bonds.